The van der Waals surface area contributed by atoms with Crippen LogP contribution in [0.25, 0.3) is 0 Å². The van der Waals surface area contributed by atoms with Crippen LogP contribution in [0.4, 0.5) is 0 Å². The predicted octanol–water partition coefficient (Wildman–Crippen LogP) is 6.88. The molecule has 29 heavy (non-hydrogen) atoms. The van der Waals surface area contributed by atoms with E-state index in [0.29, 0.717) is 31.1 Å². The molecule has 2 fully saturated rings. The Bertz CT molecular complexity index is 637. The minimum Gasteiger partial charge on any atom is -0.507 e. The van der Waals surface area contributed by atoms with Crippen LogP contribution in [0.1, 0.15) is 106 Å². The molecule has 1 aromatic rings. The second kappa shape index (κ2) is 11.2. The fourth-order valence-electron chi connectivity index (χ4n) is 5.58. The number of hydrogen-bond donors (Lipinski definition) is 1. The molecule has 0 aromatic heterocycles. The number of benzene rings is 1. The fourth-order valence-corrected chi connectivity index (χ4v) is 5.58. The molecule has 0 unspecified atom stereocenters. The molecule has 3 nitrogen and oxygen atoms in total. The van der Waals surface area contributed by atoms with Crippen molar-refractivity contribution in [2.24, 2.45) is 17.8 Å². The van der Waals surface area contributed by atoms with E-state index in [1.54, 1.807) is 0 Å². The first-order valence-electron chi connectivity index (χ1n) is 12.1. The lowest BCUT2D eigenvalue weighted by molar-refractivity contribution is 0.0876. The van der Waals surface area contributed by atoms with Crippen LogP contribution in [0.5, 0.6) is 5.75 Å². The van der Waals surface area contributed by atoms with E-state index in [9.17, 15) is 9.90 Å². The highest BCUT2D eigenvalue weighted by molar-refractivity contribution is 5.98. The maximum atomic E-state index is 12.3. The van der Waals surface area contributed by atoms with Gasteiger partial charge in [0.05, 0.1) is 12.2 Å². The number of ether oxygens (including phenoxy) is 1. The van der Waals surface area contributed by atoms with Crippen LogP contribution in [0.15, 0.2) is 18.2 Å². The topological polar surface area (TPSA) is 46.5 Å². The van der Waals surface area contributed by atoms with E-state index in [2.05, 4.69) is 19.9 Å². The zero-order valence-electron chi connectivity index (χ0n) is 18.5. The summed E-state index contributed by atoms with van der Waals surface area (Å²) in [6.45, 7) is 5.50. The summed E-state index contributed by atoms with van der Waals surface area (Å²) in [5.41, 5.74) is 1.64. The largest absolute Gasteiger partial charge is 0.507 e. The summed E-state index contributed by atoms with van der Waals surface area (Å²) in [5, 5.41) is 10.4. The van der Waals surface area contributed by atoms with Gasteiger partial charge in [0.15, 0.2) is 5.78 Å². The van der Waals surface area contributed by atoms with E-state index < -0.39 is 0 Å². The first-order chi connectivity index (χ1) is 14.1. The van der Waals surface area contributed by atoms with Crippen LogP contribution in [0.2, 0.25) is 0 Å². The number of carbonyl (C=O) groups is 1. The normalized spacial score (nSPS) is 27.7. The van der Waals surface area contributed by atoms with Gasteiger partial charge in [-0.05, 0) is 86.3 Å². The van der Waals surface area contributed by atoms with Gasteiger partial charge in [0.25, 0.3) is 0 Å². The average Bonchev–Trinajstić information content (AvgIpc) is 2.76. The second-order valence-corrected chi connectivity index (χ2v) is 9.36. The van der Waals surface area contributed by atoms with Gasteiger partial charge in [0.2, 0.25) is 0 Å². The van der Waals surface area contributed by atoms with Gasteiger partial charge < -0.3 is 9.84 Å². The van der Waals surface area contributed by atoms with Crippen molar-refractivity contribution in [2.75, 3.05) is 13.2 Å². The van der Waals surface area contributed by atoms with Gasteiger partial charge in [0.1, 0.15) is 5.75 Å². The minimum absolute atomic E-state index is 0.0310. The van der Waals surface area contributed by atoms with E-state index in [-0.39, 0.29) is 11.5 Å². The summed E-state index contributed by atoms with van der Waals surface area (Å²) in [4.78, 5) is 12.3. The highest BCUT2D eigenvalue weighted by atomic mass is 16.5. The number of phenols is 1. The molecule has 162 valence electrons. The molecule has 0 radical (unpaired) electrons. The van der Waals surface area contributed by atoms with Gasteiger partial charge in [-0.2, -0.15) is 0 Å². The van der Waals surface area contributed by atoms with Crippen molar-refractivity contribution in [3.05, 3.63) is 29.3 Å². The Kier molecular flexibility index (Phi) is 8.59. The molecule has 1 aromatic carbocycles. The zero-order chi connectivity index (χ0) is 20.6. The number of hydrogen-bond acceptors (Lipinski definition) is 3. The van der Waals surface area contributed by atoms with Crippen LogP contribution in [-0.2, 0) is 4.74 Å². The van der Waals surface area contributed by atoms with Crippen molar-refractivity contribution >= 4 is 5.78 Å². The second-order valence-electron chi connectivity index (χ2n) is 9.36. The smallest absolute Gasteiger partial charge is 0.168 e. The first-order valence-corrected chi connectivity index (χ1v) is 12.1. The standard InChI is InChI=1S/C26H40O3/c1-3-16-29-17-15-25(27)24-14-13-23(18-26(24)28)22-11-9-21(10-12-22)20-7-5-19(4-2)6-8-20/h13-14,18-22,28H,3-12,15-17H2,1-2H3. The van der Waals surface area contributed by atoms with Crippen LogP contribution in [-0.4, -0.2) is 24.1 Å². The summed E-state index contributed by atoms with van der Waals surface area (Å²) in [7, 11) is 0. The third-order valence-corrected chi connectivity index (χ3v) is 7.52. The first kappa shape index (κ1) is 22.3. The Labute approximate surface area is 177 Å². The SMILES string of the molecule is CCCOCCC(=O)c1ccc(C2CCC(C3CCC(CC)CC3)CC2)cc1O. The monoisotopic (exact) mass is 400 g/mol. The molecule has 3 rings (SSSR count). The van der Waals surface area contributed by atoms with Crippen molar-refractivity contribution in [1.82, 2.24) is 0 Å². The van der Waals surface area contributed by atoms with Crippen LogP contribution in [0.3, 0.4) is 0 Å². The van der Waals surface area contributed by atoms with E-state index in [1.165, 1.54) is 63.4 Å². The highest BCUT2D eigenvalue weighted by Gasteiger charge is 2.31. The number of phenolic OH excluding ortho intramolecular Hbond substituents is 1. The van der Waals surface area contributed by atoms with Gasteiger partial charge in [-0.3, -0.25) is 4.79 Å². The lowest BCUT2D eigenvalue weighted by Gasteiger charge is -2.38. The lowest BCUT2D eigenvalue weighted by Crippen LogP contribution is -2.25. The maximum absolute atomic E-state index is 12.3. The summed E-state index contributed by atoms with van der Waals surface area (Å²) in [5.74, 6) is 3.47. The van der Waals surface area contributed by atoms with Crippen LogP contribution < -0.4 is 0 Å². The molecule has 2 aliphatic carbocycles. The Morgan fingerprint density at radius 3 is 2.21 bits per heavy atom. The van der Waals surface area contributed by atoms with Crippen LogP contribution >= 0.6 is 0 Å². The van der Waals surface area contributed by atoms with Crippen LogP contribution in [0, 0.1) is 17.8 Å². The number of carbonyl (C=O) groups excluding carboxylic acids is 1. The number of rotatable bonds is 9. The molecule has 0 aliphatic heterocycles. The molecule has 0 spiro atoms. The third-order valence-electron chi connectivity index (χ3n) is 7.52. The summed E-state index contributed by atoms with van der Waals surface area (Å²) in [6, 6.07) is 5.74. The van der Waals surface area contributed by atoms with Gasteiger partial charge in [0, 0.05) is 13.0 Å². The summed E-state index contributed by atoms with van der Waals surface area (Å²) < 4.78 is 5.40. The van der Waals surface area contributed by atoms with Gasteiger partial charge >= 0.3 is 0 Å². The summed E-state index contributed by atoms with van der Waals surface area (Å²) in [6.07, 6.45) is 13.5. The molecule has 2 aliphatic rings. The molecule has 1 N–H and O–H groups in total. The molecule has 0 amide bonds. The molecule has 2 saturated carbocycles. The number of ketones is 1. The fraction of sp³-hybridized carbons (Fsp3) is 0.731. The zero-order valence-corrected chi connectivity index (χ0v) is 18.5. The Balaban J connectivity index is 1.49. The number of aromatic hydroxyl groups is 1. The molecular weight excluding hydrogens is 360 g/mol. The van der Waals surface area contributed by atoms with Crippen molar-refractivity contribution in [1.29, 1.82) is 0 Å². The van der Waals surface area contributed by atoms with Crippen molar-refractivity contribution < 1.29 is 14.6 Å². The van der Waals surface area contributed by atoms with Crippen molar-refractivity contribution in [3.8, 4) is 5.75 Å². The molecule has 0 heterocycles. The molecular formula is C26H40O3. The van der Waals surface area contributed by atoms with E-state index in [1.807, 2.05) is 12.1 Å². The molecule has 3 heteroatoms. The molecule has 0 atom stereocenters. The maximum Gasteiger partial charge on any atom is 0.168 e. The quantitative estimate of drug-likeness (QED) is 0.363. The Morgan fingerprint density at radius 1 is 0.966 bits per heavy atom. The lowest BCUT2D eigenvalue weighted by atomic mass is 9.68. The van der Waals surface area contributed by atoms with Gasteiger partial charge in [-0.25, -0.2) is 0 Å². The van der Waals surface area contributed by atoms with E-state index in [0.717, 1.165) is 24.2 Å². The highest BCUT2D eigenvalue weighted by Crippen LogP contribution is 2.44. The average molecular weight is 401 g/mol. The van der Waals surface area contributed by atoms with Gasteiger partial charge in [-0.1, -0.05) is 39.2 Å². The van der Waals surface area contributed by atoms with Gasteiger partial charge in [-0.15, -0.1) is 0 Å². The summed E-state index contributed by atoms with van der Waals surface area (Å²) >= 11 is 0. The minimum atomic E-state index is -0.0310. The number of Topliss-reactive ketones (excluding diaryl/α,β-unsaturated/α-hetero) is 1. The molecule has 0 bridgehead atoms. The third kappa shape index (κ3) is 6.07. The molecule has 0 saturated heterocycles. The van der Waals surface area contributed by atoms with Crippen molar-refractivity contribution in [2.45, 2.75) is 90.4 Å². The van der Waals surface area contributed by atoms with E-state index in [4.69, 9.17) is 4.74 Å². The Hall–Kier alpha value is -1.35. The predicted molar refractivity (Wildman–Crippen MR) is 119 cm³/mol. The van der Waals surface area contributed by atoms with Crippen molar-refractivity contribution in [3.63, 3.8) is 0 Å². The Morgan fingerprint density at radius 2 is 1.62 bits per heavy atom. The van der Waals surface area contributed by atoms with E-state index >= 15 is 0 Å².